The minimum absolute atomic E-state index is 0.562. The van der Waals surface area contributed by atoms with Crippen molar-refractivity contribution in [2.45, 2.75) is 24.8 Å². The van der Waals surface area contributed by atoms with E-state index in [0.29, 0.717) is 12.0 Å². The Balaban J connectivity index is 1.59. The number of benzene rings is 1. The number of para-hydroxylation sites is 1. The summed E-state index contributed by atoms with van der Waals surface area (Å²) in [7, 11) is 2.07. The molecule has 3 rings (SSSR count). The van der Waals surface area contributed by atoms with Gasteiger partial charge in [0.25, 0.3) is 0 Å². The summed E-state index contributed by atoms with van der Waals surface area (Å²) >= 11 is 0. The van der Waals surface area contributed by atoms with E-state index in [1.54, 1.807) is 0 Å². The zero-order valence-electron chi connectivity index (χ0n) is 11.1. The first-order chi connectivity index (χ1) is 8.86. The average Bonchev–Trinajstić information content (AvgIpc) is 2.83. The van der Waals surface area contributed by atoms with Crippen LogP contribution in [0.2, 0.25) is 0 Å². The molecule has 1 aromatic carbocycles. The van der Waals surface area contributed by atoms with E-state index in [0.717, 1.165) is 18.9 Å². The summed E-state index contributed by atoms with van der Waals surface area (Å²) in [5.74, 6) is 1.65. The van der Waals surface area contributed by atoms with Crippen LogP contribution in [-0.4, -0.2) is 44.2 Å². The van der Waals surface area contributed by atoms with Crippen LogP contribution in [0.5, 0.6) is 5.75 Å². The van der Waals surface area contributed by atoms with Gasteiger partial charge in [-0.15, -0.1) is 0 Å². The van der Waals surface area contributed by atoms with Gasteiger partial charge < -0.3 is 15.0 Å². The standard InChI is InChI=1S/C15H22N2O/c1-16-13-6-8-17(9-7-13)10-12-11-18-15-5-3-2-4-14(12)15/h2-5,12-13,16H,6-11H2,1H3. The molecule has 0 amide bonds. The molecule has 1 unspecified atom stereocenters. The van der Waals surface area contributed by atoms with Crippen LogP contribution in [0.1, 0.15) is 24.3 Å². The van der Waals surface area contributed by atoms with Crippen LogP contribution in [0, 0.1) is 0 Å². The first-order valence-electron chi connectivity index (χ1n) is 6.98. The van der Waals surface area contributed by atoms with E-state index in [2.05, 4.69) is 41.5 Å². The number of piperidine rings is 1. The van der Waals surface area contributed by atoms with E-state index in [1.807, 2.05) is 0 Å². The fourth-order valence-electron chi connectivity index (χ4n) is 3.10. The van der Waals surface area contributed by atoms with Gasteiger partial charge in [0.05, 0.1) is 6.61 Å². The predicted molar refractivity (Wildman–Crippen MR) is 73.2 cm³/mol. The third kappa shape index (κ3) is 2.38. The molecule has 3 nitrogen and oxygen atoms in total. The Labute approximate surface area is 109 Å². The van der Waals surface area contributed by atoms with Crippen molar-refractivity contribution in [3.05, 3.63) is 29.8 Å². The number of fused-ring (bicyclic) bond motifs is 1. The Hall–Kier alpha value is -1.06. The lowest BCUT2D eigenvalue weighted by atomic mass is 9.98. The van der Waals surface area contributed by atoms with E-state index in [4.69, 9.17) is 4.74 Å². The zero-order chi connectivity index (χ0) is 12.4. The lowest BCUT2D eigenvalue weighted by Crippen LogP contribution is -2.42. The highest BCUT2D eigenvalue weighted by atomic mass is 16.5. The Bertz CT molecular complexity index is 399. The van der Waals surface area contributed by atoms with Gasteiger partial charge in [0.15, 0.2) is 0 Å². The van der Waals surface area contributed by atoms with Gasteiger partial charge in [-0.2, -0.15) is 0 Å². The van der Waals surface area contributed by atoms with Crippen LogP contribution in [0.3, 0.4) is 0 Å². The lowest BCUT2D eigenvalue weighted by molar-refractivity contribution is 0.181. The topological polar surface area (TPSA) is 24.5 Å². The number of hydrogen-bond donors (Lipinski definition) is 1. The first-order valence-corrected chi connectivity index (χ1v) is 6.98. The third-order valence-corrected chi connectivity index (χ3v) is 4.27. The normalized spacial score (nSPS) is 24.8. The van der Waals surface area contributed by atoms with Gasteiger partial charge in [-0.05, 0) is 39.0 Å². The van der Waals surface area contributed by atoms with E-state index < -0.39 is 0 Å². The molecule has 0 spiro atoms. The first kappa shape index (κ1) is 12.0. The maximum absolute atomic E-state index is 5.76. The van der Waals surface area contributed by atoms with Crippen LogP contribution in [0.15, 0.2) is 24.3 Å². The number of nitrogens with zero attached hydrogens (tertiary/aromatic N) is 1. The Morgan fingerprint density at radius 1 is 1.28 bits per heavy atom. The molecule has 2 aliphatic heterocycles. The number of ether oxygens (including phenoxy) is 1. The second-order valence-corrected chi connectivity index (χ2v) is 5.41. The molecule has 1 N–H and O–H groups in total. The van der Waals surface area contributed by atoms with Crippen LogP contribution in [0.25, 0.3) is 0 Å². The molecule has 18 heavy (non-hydrogen) atoms. The van der Waals surface area contributed by atoms with Crippen molar-refractivity contribution in [2.75, 3.05) is 33.3 Å². The summed E-state index contributed by atoms with van der Waals surface area (Å²) in [6, 6.07) is 9.19. The van der Waals surface area contributed by atoms with Gasteiger partial charge in [0, 0.05) is 24.1 Å². The molecule has 98 valence electrons. The number of likely N-dealkylation sites (tertiary alicyclic amines) is 1. The monoisotopic (exact) mass is 246 g/mol. The molecule has 2 heterocycles. The van der Waals surface area contributed by atoms with Crippen molar-refractivity contribution in [1.82, 2.24) is 10.2 Å². The molecule has 0 aromatic heterocycles. The van der Waals surface area contributed by atoms with Gasteiger partial charge in [-0.1, -0.05) is 18.2 Å². The minimum atomic E-state index is 0.562. The molecular formula is C15H22N2O. The van der Waals surface area contributed by atoms with E-state index >= 15 is 0 Å². The van der Waals surface area contributed by atoms with Crippen molar-refractivity contribution < 1.29 is 4.74 Å². The molecule has 2 aliphatic rings. The molecule has 0 bridgehead atoms. The third-order valence-electron chi connectivity index (χ3n) is 4.27. The molecule has 0 saturated carbocycles. The number of nitrogens with one attached hydrogen (secondary N) is 1. The molecule has 1 aromatic rings. The predicted octanol–water partition coefficient (Wildman–Crippen LogP) is 1.85. The Morgan fingerprint density at radius 3 is 2.83 bits per heavy atom. The minimum Gasteiger partial charge on any atom is -0.493 e. The Kier molecular flexibility index (Phi) is 3.52. The van der Waals surface area contributed by atoms with Gasteiger partial charge in [0.2, 0.25) is 0 Å². The van der Waals surface area contributed by atoms with Crippen LogP contribution >= 0.6 is 0 Å². The maximum atomic E-state index is 5.76. The highest BCUT2D eigenvalue weighted by Crippen LogP contribution is 2.34. The van der Waals surface area contributed by atoms with Gasteiger partial charge in [-0.3, -0.25) is 0 Å². The fourth-order valence-corrected chi connectivity index (χ4v) is 3.10. The van der Waals surface area contributed by atoms with Gasteiger partial charge in [-0.25, -0.2) is 0 Å². The van der Waals surface area contributed by atoms with E-state index in [1.165, 1.54) is 31.5 Å². The summed E-state index contributed by atoms with van der Waals surface area (Å²) in [5.41, 5.74) is 1.40. The van der Waals surface area contributed by atoms with Crippen LogP contribution in [0.4, 0.5) is 0 Å². The van der Waals surface area contributed by atoms with E-state index in [9.17, 15) is 0 Å². The SMILES string of the molecule is CNC1CCN(CC2COc3ccccc32)CC1. The summed E-state index contributed by atoms with van der Waals surface area (Å²) in [6.07, 6.45) is 2.54. The number of hydrogen-bond acceptors (Lipinski definition) is 3. The lowest BCUT2D eigenvalue weighted by Gasteiger charge is -2.33. The molecule has 0 radical (unpaired) electrons. The van der Waals surface area contributed by atoms with Crippen LogP contribution < -0.4 is 10.1 Å². The largest absolute Gasteiger partial charge is 0.493 e. The fraction of sp³-hybridized carbons (Fsp3) is 0.600. The van der Waals surface area contributed by atoms with E-state index in [-0.39, 0.29) is 0 Å². The molecule has 1 saturated heterocycles. The maximum Gasteiger partial charge on any atom is 0.122 e. The molecular weight excluding hydrogens is 224 g/mol. The van der Waals surface area contributed by atoms with Gasteiger partial charge >= 0.3 is 0 Å². The summed E-state index contributed by atoms with van der Waals surface area (Å²) < 4.78 is 5.76. The van der Waals surface area contributed by atoms with Crippen LogP contribution in [-0.2, 0) is 0 Å². The van der Waals surface area contributed by atoms with Crippen molar-refractivity contribution in [3.8, 4) is 5.75 Å². The molecule has 3 heteroatoms. The highest BCUT2D eigenvalue weighted by molar-refractivity contribution is 5.39. The summed E-state index contributed by atoms with van der Waals surface area (Å²) in [4.78, 5) is 2.59. The second-order valence-electron chi connectivity index (χ2n) is 5.41. The van der Waals surface area contributed by atoms with Crippen molar-refractivity contribution in [2.24, 2.45) is 0 Å². The smallest absolute Gasteiger partial charge is 0.122 e. The molecule has 1 fully saturated rings. The zero-order valence-corrected chi connectivity index (χ0v) is 11.1. The summed E-state index contributed by atoms with van der Waals surface area (Å²) in [5, 5.41) is 3.38. The number of rotatable bonds is 3. The molecule has 1 atom stereocenters. The molecule has 0 aliphatic carbocycles. The van der Waals surface area contributed by atoms with Crippen molar-refractivity contribution in [1.29, 1.82) is 0 Å². The van der Waals surface area contributed by atoms with Crippen molar-refractivity contribution in [3.63, 3.8) is 0 Å². The van der Waals surface area contributed by atoms with Crippen molar-refractivity contribution >= 4 is 0 Å². The van der Waals surface area contributed by atoms with Gasteiger partial charge in [0.1, 0.15) is 5.75 Å². The quantitative estimate of drug-likeness (QED) is 0.881. The Morgan fingerprint density at radius 2 is 2.06 bits per heavy atom. The second kappa shape index (κ2) is 5.29. The summed E-state index contributed by atoms with van der Waals surface area (Å²) in [6.45, 7) is 4.42. The highest BCUT2D eigenvalue weighted by Gasteiger charge is 2.27. The average molecular weight is 246 g/mol.